The van der Waals surface area contributed by atoms with E-state index in [0.717, 1.165) is 8.97 Å². The number of hydrogen-bond acceptors (Lipinski definition) is 0. The molecule has 8 rings (SSSR count). The zero-order valence-electron chi connectivity index (χ0n) is 40.9. The molecule has 334 valence electrons. The number of rotatable bonds is 19. The molecule has 2 nitrogen and oxygen atoms in total. The van der Waals surface area contributed by atoms with Crippen molar-refractivity contribution < 1.29 is 8.97 Å². The monoisotopic (exact) mass is 859 g/mol. The van der Waals surface area contributed by atoms with Gasteiger partial charge in [0, 0.05) is 5.41 Å². The van der Waals surface area contributed by atoms with E-state index in [9.17, 15) is 0 Å². The Kier molecular flexibility index (Phi) is 14.1. The molecule has 0 aromatic heterocycles. The van der Waals surface area contributed by atoms with Crippen LogP contribution in [0.2, 0.25) is 0 Å². The molecule has 2 heteroatoms. The molecule has 0 saturated heterocycles. The molecule has 0 spiro atoms. The molecule has 1 aliphatic carbocycles. The van der Waals surface area contributed by atoms with Gasteiger partial charge in [-0.05, 0) is 155 Å². The molecule has 0 heterocycles. The molecule has 7 aromatic rings. The van der Waals surface area contributed by atoms with Crippen LogP contribution in [0, 0.1) is 13.8 Å². The molecule has 0 fully saturated rings. The average Bonchev–Trinajstić information content (AvgIpc) is 3.55. The summed E-state index contributed by atoms with van der Waals surface area (Å²) < 4.78 is 2.10. The van der Waals surface area contributed by atoms with Crippen LogP contribution in [0.3, 0.4) is 0 Å². The lowest BCUT2D eigenvalue weighted by molar-refractivity contribution is -0.870. The van der Waals surface area contributed by atoms with Gasteiger partial charge in [-0.25, -0.2) is 0 Å². The van der Waals surface area contributed by atoms with Crippen molar-refractivity contribution in [2.75, 3.05) is 55.4 Å². The molecule has 0 aliphatic heterocycles. The highest BCUT2D eigenvalue weighted by Crippen LogP contribution is 2.55. The maximum atomic E-state index is 2.60. The number of unbranched alkanes of at least 4 members (excludes halogenated alkanes) is 6. The van der Waals surface area contributed by atoms with Gasteiger partial charge in [-0.1, -0.05) is 170 Å². The molecule has 0 bridgehead atoms. The third kappa shape index (κ3) is 11.3. The van der Waals surface area contributed by atoms with Crippen molar-refractivity contribution in [3.63, 3.8) is 0 Å². The lowest BCUT2D eigenvalue weighted by atomic mass is 9.70. The number of nitrogens with zero attached hydrogens (tertiary/aromatic N) is 2. The lowest BCUT2D eigenvalue weighted by Gasteiger charge is -2.33. The van der Waals surface area contributed by atoms with E-state index in [1.165, 1.54) is 155 Å². The second kappa shape index (κ2) is 19.9. The minimum atomic E-state index is 0.0399. The fraction of sp³-hybridized carbons (Fsp3) is 0.333. The maximum Gasteiger partial charge on any atom is 0.0780 e. The fourth-order valence-corrected chi connectivity index (χ4v) is 10.5. The SMILES string of the molecule is Cc1cccc(-c2cccc(-c3ccc(-c4cccc(-c5cccc(-c6ccc7c(c6)C(CCCCCC[N+](C)(C)C)(CCCCCC[N+](C)(C)C)c6cc(C)ccc6-7)c5)c4)cc3)c2)c1. The average molecular weight is 859 g/mol. The van der Waals surface area contributed by atoms with Gasteiger partial charge in [0.15, 0.2) is 0 Å². The molecule has 0 radical (unpaired) electrons. The molecule has 1 aliphatic rings. The minimum absolute atomic E-state index is 0.0399. The van der Waals surface area contributed by atoms with E-state index >= 15 is 0 Å². The van der Waals surface area contributed by atoms with Gasteiger partial charge in [0.25, 0.3) is 0 Å². The van der Waals surface area contributed by atoms with E-state index in [1.807, 2.05) is 0 Å². The Balaban J connectivity index is 1.06. The summed E-state index contributed by atoms with van der Waals surface area (Å²) in [5.74, 6) is 0. The maximum absolute atomic E-state index is 2.60. The molecule has 0 saturated carbocycles. The summed E-state index contributed by atoms with van der Waals surface area (Å²) >= 11 is 0. The standard InChI is InChI=1S/C63H74N2/c1-47-21-17-22-51(41-47)54-25-18-23-52(43-54)49-30-32-50(33-31-49)53-24-19-26-55(44-53)56-27-20-28-57(45-56)58-34-36-60-59-35-29-48(2)42-61(59)63(62(60)46-58,37-13-9-11-15-39-64(3,4)5)38-14-10-12-16-40-65(6,7)8/h17-36,41-46H,9-16,37-40H2,1-8H3/q+2. The number of quaternary nitrogens is 2. The quantitative estimate of drug-likeness (QED) is 0.0561. The van der Waals surface area contributed by atoms with E-state index in [-0.39, 0.29) is 5.41 Å². The Hall–Kier alpha value is -5.54. The van der Waals surface area contributed by atoms with Gasteiger partial charge < -0.3 is 8.97 Å². The Morgan fingerprint density at radius 1 is 0.308 bits per heavy atom. The van der Waals surface area contributed by atoms with Crippen molar-refractivity contribution in [3.05, 3.63) is 180 Å². The van der Waals surface area contributed by atoms with Crippen LogP contribution >= 0.6 is 0 Å². The normalized spacial score (nSPS) is 13.2. The van der Waals surface area contributed by atoms with Crippen molar-refractivity contribution in [1.29, 1.82) is 0 Å². The van der Waals surface area contributed by atoms with Crippen LogP contribution in [0.25, 0.3) is 66.8 Å². The van der Waals surface area contributed by atoms with Gasteiger partial charge >= 0.3 is 0 Å². The van der Waals surface area contributed by atoms with Crippen LogP contribution in [0.5, 0.6) is 0 Å². The van der Waals surface area contributed by atoms with Gasteiger partial charge in [0.05, 0.1) is 55.4 Å². The number of aryl methyl sites for hydroxylation is 2. The molecule has 0 unspecified atom stereocenters. The Labute approximate surface area is 392 Å². The summed E-state index contributed by atoms with van der Waals surface area (Å²) in [7, 11) is 13.9. The molecule has 0 amide bonds. The molecular formula is C63H74N2+2. The first-order valence-electron chi connectivity index (χ1n) is 24.6. The zero-order chi connectivity index (χ0) is 45.6. The smallest absolute Gasteiger partial charge is 0.0780 e. The molecule has 0 N–H and O–H groups in total. The summed E-state index contributed by atoms with van der Waals surface area (Å²) in [5.41, 5.74) is 21.3. The predicted octanol–water partition coefficient (Wildman–Crippen LogP) is 16.2. The van der Waals surface area contributed by atoms with Crippen molar-refractivity contribution in [1.82, 2.24) is 0 Å². The zero-order valence-corrected chi connectivity index (χ0v) is 40.9. The van der Waals surface area contributed by atoms with Crippen LogP contribution in [0.1, 0.15) is 86.5 Å². The second-order valence-electron chi connectivity index (χ2n) is 21.4. The van der Waals surface area contributed by atoms with Gasteiger partial charge in [-0.15, -0.1) is 0 Å². The first-order chi connectivity index (χ1) is 31.2. The van der Waals surface area contributed by atoms with Crippen molar-refractivity contribution >= 4 is 0 Å². The third-order valence-corrected chi connectivity index (χ3v) is 14.0. The van der Waals surface area contributed by atoms with Gasteiger partial charge in [-0.3, -0.25) is 0 Å². The van der Waals surface area contributed by atoms with Crippen molar-refractivity contribution in [2.24, 2.45) is 0 Å². The van der Waals surface area contributed by atoms with Crippen molar-refractivity contribution in [2.45, 2.75) is 83.5 Å². The fourth-order valence-electron chi connectivity index (χ4n) is 10.5. The predicted molar refractivity (Wildman–Crippen MR) is 281 cm³/mol. The third-order valence-electron chi connectivity index (χ3n) is 14.0. The minimum Gasteiger partial charge on any atom is -0.331 e. The Morgan fingerprint density at radius 2 is 0.646 bits per heavy atom. The number of hydrogen-bond donors (Lipinski definition) is 0. The van der Waals surface area contributed by atoms with Crippen LogP contribution in [0.4, 0.5) is 0 Å². The van der Waals surface area contributed by atoms with E-state index in [0.29, 0.717) is 0 Å². The second-order valence-corrected chi connectivity index (χ2v) is 21.4. The highest BCUT2D eigenvalue weighted by molar-refractivity contribution is 5.85. The molecule has 65 heavy (non-hydrogen) atoms. The largest absolute Gasteiger partial charge is 0.331 e. The molecule has 0 atom stereocenters. The summed E-state index contributed by atoms with van der Waals surface area (Å²) in [6, 6.07) is 59.9. The highest BCUT2D eigenvalue weighted by Gasteiger charge is 2.42. The summed E-state index contributed by atoms with van der Waals surface area (Å²) in [5, 5.41) is 0. The molecular weight excluding hydrogens is 785 g/mol. The Morgan fingerprint density at radius 3 is 1.09 bits per heavy atom. The van der Waals surface area contributed by atoms with Crippen LogP contribution in [0.15, 0.2) is 158 Å². The first kappa shape index (κ1) is 46.0. The summed E-state index contributed by atoms with van der Waals surface area (Å²) in [6.45, 7) is 6.93. The topological polar surface area (TPSA) is 0 Å². The lowest BCUT2D eigenvalue weighted by Crippen LogP contribution is -2.35. The first-order valence-corrected chi connectivity index (χ1v) is 24.6. The van der Waals surface area contributed by atoms with Crippen molar-refractivity contribution in [3.8, 4) is 66.8 Å². The molecule has 7 aromatic carbocycles. The van der Waals surface area contributed by atoms with Gasteiger partial charge in [0.1, 0.15) is 0 Å². The van der Waals surface area contributed by atoms with E-state index in [1.54, 1.807) is 11.1 Å². The van der Waals surface area contributed by atoms with Gasteiger partial charge in [0.2, 0.25) is 0 Å². The van der Waals surface area contributed by atoms with Gasteiger partial charge in [-0.2, -0.15) is 0 Å². The van der Waals surface area contributed by atoms with E-state index in [4.69, 9.17) is 0 Å². The van der Waals surface area contributed by atoms with E-state index in [2.05, 4.69) is 214 Å². The highest BCUT2D eigenvalue weighted by atomic mass is 15.3. The summed E-state index contributed by atoms with van der Waals surface area (Å²) in [6.07, 6.45) is 12.8. The summed E-state index contributed by atoms with van der Waals surface area (Å²) in [4.78, 5) is 0. The van der Waals surface area contributed by atoms with Crippen LogP contribution in [-0.2, 0) is 5.41 Å². The number of benzene rings is 7. The van der Waals surface area contributed by atoms with Crippen LogP contribution < -0.4 is 0 Å². The van der Waals surface area contributed by atoms with Crippen LogP contribution in [-0.4, -0.2) is 64.3 Å². The Bertz CT molecular complexity index is 2680. The number of fused-ring (bicyclic) bond motifs is 3. The van der Waals surface area contributed by atoms with E-state index < -0.39 is 0 Å².